The predicted octanol–water partition coefficient (Wildman–Crippen LogP) is 0.722. The summed E-state index contributed by atoms with van der Waals surface area (Å²) in [5.74, 6) is -1.07. The van der Waals surface area contributed by atoms with Crippen LogP contribution in [0.4, 0.5) is 0 Å². The summed E-state index contributed by atoms with van der Waals surface area (Å²) in [6.07, 6.45) is 3.17. The average Bonchev–Trinajstić information content (AvgIpc) is 2.89. The van der Waals surface area contributed by atoms with Gasteiger partial charge in [-0.15, -0.1) is 5.10 Å². The van der Waals surface area contributed by atoms with Crippen LogP contribution in [0.15, 0.2) is 30.6 Å². The number of carboxylic acids is 1. The zero-order valence-electron chi connectivity index (χ0n) is 10.5. The topological polar surface area (TPSA) is 92.9 Å². The molecule has 0 aliphatic heterocycles. The second-order valence-electron chi connectivity index (χ2n) is 4.10. The highest BCUT2D eigenvalue weighted by Gasteiger charge is 2.08. The van der Waals surface area contributed by atoms with E-state index in [9.17, 15) is 4.79 Å². The minimum Gasteiger partial charge on any atom is -0.476 e. The first-order valence-corrected chi connectivity index (χ1v) is 5.94. The molecule has 100 valence electrons. The summed E-state index contributed by atoms with van der Waals surface area (Å²) in [7, 11) is 0. The molecule has 7 nitrogen and oxygen atoms in total. The van der Waals surface area contributed by atoms with Crippen LogP contribution < -0.4 is 5.32 Å². The normalized spacial score (nSPS) is 12.3. The fraction of sp³-hybridized carbons (Fsp3) is 0.333. The van der Waals surface area contributed by atoms with Crippen LogP contribution in [0.2, 0.25) is 0 Å². The summed E-state index contributed by atoms with van der Waals surface area (Å²) in [4.78, 5) is 14.9. The maximum Gasteiger partial charge on any atom is 0.358 e. The van der Waals surface area contributed by atoms with Crippen molar-refractivity contribution < 1.29 is 9.90 Å². The van der Waals surface area contributed by atoms with Crippen LogP contribution in [0.25, 0.3) is 0 Å². The summed E-state index contributed by atoms with van der Waals surface area (Å²) < 4.78 is 1.50. The minimum absolute atomic E-state index is 0.0437. The maximum atomic E-state index is 10.6. The Bertz CT molecular complexity index is 540. The van der Waals surface area contributed by atoms with Gasteiger partial charge in [-0.05, 0) is 19.1 Å². The standard InChI is InChI=1S/C12H15N5O2/c1-9(10-4-2-3-5-14-10)13-6-7-17-8-11(12(18)19)15-16-17/h2-5,8-9,13H,6-7H2,1H3,(H,18,19). The van der Waals surface area contributed by atoms with Gasteiger partial charge in [0.25, 0.3) is 0 Å². The highest BCUT2D eigenvalue weighted by molar-refractivity contribution is 5.84. The third-order valence-corrected chi connectivity index (χ3v) is 2.68. The van der Waals surface area contributed by atoms with E-state index >= 15 is 0 Å². The molecule has 2 aromatic rings. The molecule has 0 fully saturated rings. The molecule has 0 aliphatic rings. The number of carbonyl (C=O) groups is 1. The summed E-state index contributed by atoms with van der Waals surface area (Å²) in [6.45, 7) is 3.23. The van der Waals surface area contributed by atoms with Gasteiger partial charge in [0.05, 0.1) is 18.4 Å². The lowest BCUT2D eigenvalue weighted by Gasteiger charge is -2.12. The van der Waals surface area contributed by atoms with Crippen LogP contribution in [-0.2, 0) is 6.54 Å². The van der Waals surface area contributed by atoms with Crippen LogP contribution in [0.5, 0.6) is 0 Å². The molecule has 0 radical (unpaired) electrons. The van der Waals surface area contributed by atoms with Crippen molar-refractivity contribution in [2.75, 3.05) is 6.54 Å². The first-order chi connectivity index (χ1) is 9.16. The average molecular weight is 261 g/mol. The number of aromatic carboxylic acids is 1. The smallest absolute Gasteiger partial charge is 0.358 e. The lowest BCUT2D eigenvalue weighted by atomic mass is 10.2. The SMILES string of the molecule is CC(NCCn1cc(C(=O)O)nn1)c1ccccn1. The molecule has 2 aromatic heterocycles. The van der Waals surface area contributed by atoms with Gasteiger partial charge in [0.1, 0.15) is 0 Å². The predicted molar refractivity (Wildman–Crippen MR) is 67.6 cm³/mol. The van der Waals surface area contributed by atoms with Crippen molar-refractivity contribution in [3.8, 4) is 0 Å². The van der Waals surface area contributed by atoms with E-state index in [2.05, 4.69) is 20.6 Å². The van der Waals surface area contributed by atoms with E-state index in [0.717, 1.165) is 5.69 Å². The molecular formula is C12H15N5O2. The van der Waals surface area contributed by atoms with E-state index in [1.54, 1.807) is 6.20 Å². The van der Waals surface area contributed by atoms with Crippen LogP contribution in [-0.4, -0.2) is 37.6 Å². The van der Waals surface area contributed by atoms with Crippen molar-refractivity contribution in [3.05, 3.63) is 42.0 Å². The van der Waals surface area contributed by atoms with E-state index in [4.69, 9.17) is 5.11 Å². The Morgan fingerprint density at radius 2 is 2.37 bits per heavy atom. The molecule has 0 saturated heterocycles. The summed E-state index contributed by atoms with van der Waals surface area (Å²) >= 11 is 0. The molecular weight excluding hydrogens is 246 g/mol. The van der Waals surface area contributed by atoms with Gasteiger partial charge >= 0.3 is 5.97 Å². The lowest BCUT2D eigenvalue weighted by Crippen LogP contribution is -2.24. The monoisotopic (exact) mass is 261 g/mol. The Labute approximate surface area is 110 Å². The first-order valence-electron chi connectivity index (χ1n) is 5.94. The largest absolute Gasteiger partial charge is 0.476 e. The molecule has 1 unspecified atom stereocenters. The molecule has 0 spiro atoms. The minimum atomic E-state index is -1.07. The van der Waals surface area contributed by atoms with E-state index < -0.39 is 5.97 Å². The second-order valence-corrected chi connectivity index (χ2v) is 4.10. The fourth-order valence-electron chi connectivity index (χ4n) is 1.64. The zero-order chi connectivity index (χ0) is 13.7. The Hall–Kier alpha value is -2.28. The van der Waals surface area contributed by atoms with E-state index in [-0.39, 0.29) is 11.7 Å². The Balaban J connectivity index is 1.81. The fourth-order valence-corrected chi connectivity index (χ4v) is 1.64. The van der Waals surface area contributed by atoms with Gasteiger partial charge in [-0.1, -0.05) is 11.3 Å². The Kier molecular flexibility index (Phi) is 4.19. The molecule has 2 rings (SSSR count). The number of pyridine rings is 1. The summed E-state index contributed by atoms with van der Waals surface area (Å²) in [6, 6.07) is 5.90. The molecule has 1 atom stereocenters. The van der Waals surface area contributed by atoms with Gasteiger partial charge in [-0.25, -0.2) is 4.79 Å². The van der Waals surface area contributed by atoms with Crippen LogP contribution in [0.3, 0.4) is 0 Å². The second kappa shape index (κ2) is 6.05. The van der Waals surface area contributed by atoms with Crippen LogP contribution in [0, 0.1) is 0 Å². The van der Waals surface area contributed by atoms with Crippen molar-refractivity contribution in [3.63, 3.8) is 0 Å². The number of aromatic nitrogens is 4. The van der Waals surface area contributed by atoms with Crippen molar-refractivity contribution in [1.82, 2.24) is 25.3 Å². The quantitative estimate of drug-likeness (QED) is 0.796. The third kappa shape index (κ3) is 3.59. The van der Waals surface area contributed by atoms with Crippen molar-refractivity contribution >= 4 is 5.97 Å². The molecule has 0 saturated carbocycles. The molecule has 0 amide bonds. The van der Waals surface area contributed by atoms with Crippen molar-refractivity contribution in [2.45, 2.75) is 19.5 Å². The van der Waals surface area contributed by atoms with Crippen molar-refractivity contribution in [2.24, 2.45) is 0 Å². The molecule has 7 heteroatoms. The van der Waals surface area contributed by atoms with E-state index in [1.165, 1.54) is 10.9 Å². The Morgan fingerprint density at radius 1 is 1.53 bits per heavy atom. The number of nitrogens with zero attached hydrogens (tertiary/aromatic N) is 4. The molecule has 2 heterocycles. The number of rotatable bonds is 6. The highest BCUT2D eigenvalue weighted by Crippen LogP contribution is 2.07. The van der Waals surface area contributed by atoms with Crippen LogP contribution >= 0.6 is 0 Å². The zero-order valence-corrected chi connectivity index (χ0v) is 10.5. The Morgan fingerprint density at radius 3 is 3.00 bits per heavy atom. The van der Waals surface area contributed by atoms with Gasteiger partial charge in [-0.2, -0.15) is 0 Å². The third-order valence-electron chi connectivity index (χ3n) is 2.68. The van der Waals surface area contributed by atoms with Crippen molar-refractivity contribution in [1.29, 1.82) is 0 Å². The molecule has 2 N–H and O–H groups in total. The van der Waals surface area contributed by atoms with E-state index in [0.29, 0.717) is 13.1 Å². The van der Waals surface area contributed by atoms with Gasteiger partial charge in [0, 0.05) is 18.8 Å². The van der Waals surface area contributed by atoms with Gasteiger partial charge in [0.15, 0.2) is 5.69 Å². The lowest BCUT2D eigenvalue weighted by molar-refractivity contribution is 0.0690. The first kappa shape index (κ1) is 13.2. The molecule has 0 aromatic carbocycles. The number of nitrogens with one attached hydrogen (secondary N) is 1. The van der Waals surface area contributed by atoms with Crippen LogP contribution in [0.1, 0.15) is 29.1 Å². The molecule has 19 heavy (non-hydrogen) atoms. The van der Waals surface area contributed by atoms with Gasteiger partial charge < -0.3 is 10.4 Å². The molecule has 0 bridgehead atoms. The number of hydrogen-bond acceptors (Lipinski definition) is 5. The summed E-state index contributed by atoms with van der Waals surface area (Å²) in [5.41, 5.74) is 0.921. The van der Waals surface area contributed by atoms with E-state index in [1.807, 2.05) is 25.1 Å². The van der Waals surface area contributed by atoms with Gasteiger partial charge in [-0.3, -0.25) is 9.67 Å². The van der Waals surface area contributed by atoms with Gasteiger partial charge in [0.2, 0.25) is 0 Å². The molecule has 0 aliphatic carbocycles. The number of carboxylic acid groups (broad SMARTS) is 1. The summed E-state index contributed by atoms with van der Waals surface area (Å²) in [5, 5.41) is 19.3. The highest BCUT2D eigenvalue weighted by atomic mass is 16.4. The maximum absolute atomic E-state index is 10.6. The number of hydrogen-bond donors (Lipinski definition) is 2.